The van der Waals surface area contributed by atoms with Crippen molar-refractivity contribution in [3.05, 3.63) is 41.1 Å². The van der Waals surface area contributed by atoms with Gasteiger partial charge in [-0.2, -0.15) is 0 Å². The van der Waals surface area contributed by atoms with Crippen molar-refractivity contribution >= 4 is 5.82 Å². The Morgan fingerprint density at radius 1 is 1.06 bits per heavy atom. The molecule has 1 heterocycles. The van der Waals surface area contributed by atoms with Crippen LogP contribution in [0.2, 0.25) is 0 Å². The van der Waals surface area contributed by atoms with Crippen LogP contribution in [0.5, 0.6) is 0 Å². The molecule has 3 nitrogen and oxygen atoms in total. The van der Waals surface area contributed by atoms with Crippen LogP contribution in [0.25, 0.3) is 11.4 Å². The SMILES string of the molecule is CCNc1cc(C)nc(-c2c(C)cccc2C)n1. The van der Waals surface area contributed by atoms with Crippen LogP contribution in [0, 0.1) is 20.8 Å². The Bertz CT molecular complexity index is 541. The number of aromatic nitrogens is 2. The molecule has 0 spiro atoms. The summed E-state index contributed by atoms with van der Waals surface area (Å²) in [7, 11) is 0. The molecule has 0 saturated carbocycles. The molecule has 1 aromatic carbocycles. The summed E-state index contributed by atoms with van der Waals surface area (Å²) in [4.78, 5) is 9.15. The van der Waals surface area contributed by atoms with Crippen LogP contribution in [0.4, 0.5) is 5.82 Å². The molecule has 0 radical (unpaired) electrons. The third kappa shape index (κ3) is 2.50. The van der Waals surface area contributed by atoms with E-state index in [-0.39, 0.29) is 0 Å². The first-order chi connectivity index (χ1) is 8.61. The zero-order chi connectivity index (χ0) is 13.1. The van der Waals surface area contributed by atoms with Gasteiger partial charge in [-0.05, 0) is 38.8 Å². The summed E-state index contributed by atoms with van der Waals surface area (Å²) in [6.07, 6.45) is 0. The molecule has 3 heteroatoms. The second-order valence-corrected chi connectivity index (χ2v) is 4.52. The molecule has 0 aliphatic heterocycles. The van der Waals surface area contributed by atoms with Crippen molar-refractivity contribution in [2.24, 2.45) is 0 Å². The predicted molar refractivity (Wildman–Crippen MR) is 75.8 cm³/mol. The maximum atomic E-state index is 4.59. The summed E-state index contributed by atoms with van der Waals surface area (Å²) < 4.78 is 0. The Morgan fingerprint density at radius 3 is 2.33 bits per heavy atom. The van der Waals surface area contributed by atoms with Gasteiger partial charge in [-0.3, -0.25) is 0 Å². The van der Waals surface area contributed by atoms with Crippen LogP contribution in [0.3, 0.4) is 0 Å². The van der Waals surface area contributed by atoms with Gasteiger partial charge >= 0.3 is 0 Å². The van der Waals surface area contributed by atoms with E-state index >= 15 is 0 Å². The fourth-order valence-corrected chi connectivity index (χ4v) is 2.12. The molecule has 0 aliphatic rings. The first-order valence-corrected chi connectivity index (χ1v) is 6.28. The van der Waals surface area contributed by atoms with Crippen LogP contribution >= 0.6 is 0 Å². The summed E-state index contributed by atoms with van der Waals surface area (Å²) >= 11 is 0. The minimum absolute atomic E-state index is 0.807. The number of rotatable bonds is 3. The van der Waals surface area contributed by atoms with Gasteiger partial charge < -0.3 is 5.32 Å². The second kappa shape index (κ2) is 5.17. The molecule has 0 amide bonds. The molecule has 18 heavy (non-hydrogen) atoms. The molecular formula is C15H19N3. The Balaban J connectivity index is 2.56. The highest BCUT2D eigenvalue weighted by Crippen LogP contribution is 2.25. The molecule has 0 saturated heterocycles. The van der Waals surface area contributed by atoms with Crippen molar-refractivity contribution in [2.45, 2.75) is 27.7 Å². The molecule has 0 bridgehead atoms. The van der Waals surface area contributed by atoms with Gasteiger partial charge in [0.05, 0.1) is 0 Å². The lowest BCUT2D eigenvalue weighted by Gasteiger charge is -2.11. The van der Waals surface area contributed by atoms with Gasteiger partial charge in [-0.1, -0.05) is 18.2 Å². The van der Waals surface area contributed by atoms with E-state index in [0.29, 0.717) is 0 Å². The lowest BCUT2D eigenvalue weighted by molar-refractivity contribution is 1.07. The topological polar surface area (TPSA) is 37.8 Å². The minimum Gasteiger partial charge on any atom is -0.370 e. The highest BCUT2D eigenvalue weighted by molar-refractivity contribution is 5.65. The molecule has 0 atom stereocenters. The van der Waals surface area contributed by atoms with Crippen LogP contribution in [0.15, 0.2) is 24.3 Å². The van der Waals surface area contributed by atoms with Crippen molar-refractivity contribution < 1.29 is 0 Å². The van der Waals surface area contributed by atoms with E-state index in [2.05, 4.69) is 54.3 Å². The summed E-state index contributed by atoms with van der Waals surface area (Å²) in [5, 5.41) is 3.25. The van der Waals surface area contributed by atoms with Crippen molar-refractivity contribution in [1.82, 2.24) is 9.97 Å². The maximum Gasteiger partial charge on any atom is 0.162 e. The van der Waals surface area contributed by atoms with Crippen molar-refractivity contribution in [3.8, 4) is 11.4 Å². The lowest BCUT2D eigenvalue weighted by atomic mass is 10.0. The van der Waals surface area contributed by atoms with Crippen molar-refractivity contribution in [2.75, 3.05) is 11.9 Å². The Morgan fingerprint density at radius 2 is 1.72 bits per heavy atom. The molecule has 2 rings (SSSR count). The number of aryl methyl sites for hydroxylation is 3. The second-order valence-electron chi connectivity index (χ2n) is 4.52. The molecule has 1 aromatic heterocycles. The van der Waals surface area contributed by atoms with E-state index in [1.165, 1.54) is 11.1 Å². The fraction of sp³-hybridized carbons (Fsp3) is 0.333. The first kappa shape index (κ1) is 12.6. The smallest absolute Gasteiger partial charge is 0.162 e. The standard InChI is InChI=1S/C15H19N3/c1-5-16-13-9-12(4)17-15(18-13)14-10(2)7-6-8-11(14)3/h6-9H,5H2,1-4H3,(H,16,17,18). The molecule has 0 aliphatic carbocycles. The lowest BCUT2D eigenvalue weighted by Crippen LogP contribution is -2.03. The highest BCUT2D eigenvalue weighted by atomic mass is 15.0. The van der Waals surface area contributed by atoms with Gasteiger partial charge in [-0.25, -0.2) is 9.97 Å². The normalized spacial score (nSPS) is 10.4. The molecule has 0 fully saturated rings. The highest BCUT2D eigenvalue weighted by Gasteiger charge is 2.09. The van der Waals surface area contributed by atoms with E-state index in [9.17, 15) is 0 Å². The average molecular weight is 241 g/mol. The van der Waals surface area contributed by atoms with Gasteiger partial charge in [-0.15, -0.1) is 0 Å². The van der Waals surface area contributed by atoms with Crippen LogP contribution in [-0.4, -0.2) is 16.5 Å². The van der Waals surface area contributed by atoms with Gasteiger partial charge in [0, 0.05) is 23.9 Å². The van der Waals surface area contributed by atoms with Crippen LogP contribution < -0.4 is 5.32 Å². The van der Waals surface area contributed by atoms with Crippen LogP contribution in [-0.2, 0) is 0 Å². The van der Waals surface area contributed by atoms with Crippen molar-refractivity contribution in [3.63, 3.8) is 0 Å². The first-order valence-electron chi connectivity index (χ1n) is 6.28. The zero-order valence-electron chi connectivity index (χ0n) is 11.4. The van der Waals surface area contributed by atoms with E-state index in [4.69, 9.17) is 0 Å². The Labute approximate surface area is 108 Å². The number of hydrogen-bond donors (Lipinski definition) is 1. The van der Waals surface area contributed by atoms with Gasteiger partial charge in [0.2, 0.25) is 0 Å². The van der Waals surface area contributed by atoms with E-state index in [0.717, 1.165) is 29.4 Å². The van der Waals surface area contributed by atoms with E-state index in [1.807, 2.05) is 13.0 Å². The monoisotopic (exact) mass is 241 g/mol. The molecule has 2 aromatic rings. The Kier molecular flexibility index (Phi) is 3.60. The summed E-state index contributed by atoms with van der Waals surface area (Å²) in [5.74, 6) is 1.70. The van der Waals surface area contributed by atoms with Crippen LogP contribution in [0.1, 0.15) is 23.7 Å². The quantitative estimate of drug-likeness (QED) is 0.893. The predicted octanol–water partition coefficient (Wildman–Crippen LogP) is 3.50. The number of nitrogens with one attached hydrogen (secondary N) is 1. The van der Waals surface area contributed by atoms with E-state index in [1.54, 1.807) is 0 Å². The number of anilines is 1. The third-order valence-electron chi connectivity index (χ3n) is 2.92. The van der Waals surface area contributed by atoms with Gasteiger partial charge in [0.15, 0.2) is 5.82 Å². The summed E-state index contributed by atoms with van der Waals surface area (Å²) in [6, 6.07) is 8.23. The Hall–Kier alpha value is -1.90. The zero-order valence-corrected chi connectivity index (χ0v) is 11.4. The van der Waals surface area contributed by atoms with Gasteiger partial charge in [0.1, 0.15) is 5.82 Å². The van der Waals surface area contributed by atoms with E-state index < -0.39 is 0 Å². The minimum atomic E-state index is 0.807. The number of benzene rings is 1. The maximum absolute atomic E-state index is 4.59. The largest absolute Gasteiger partial charge is 0.370 e. The summed E-state index contributed by atoms with van der Waals surface area (Å²) in [6.45, 7) is 9.13. The molecule has 0 unspecified atom stereocenters. The molecule has 1 N–H and O–H groups in total. The summed E-state index contributed by atoms with van der Waals surface area (Å²) in [5.41, 5.74) is 4.55. The van der Waals surface area contributed by atoms with Gasteiger partial charge in [0.25, 0.3) is 0 Å². The third-order valence-corrected chi connectivity index (χ3v) is 2.92. The average Bonchev–Trinajstić information content (AvgIpc) is 2.28. The number of nitrogens with zero attached hydrogens (tertiary/aromatic N) is 2. The molecule has 94 valence electrons. The number of hydrogen-bond acceptors (Lipinski definition) is 3. The molecular weight excluding hydrogens is 222 g/mol. The fourth-order valence-electron chi connectivity index (χ4n) is 2.12. The van der Waals surface area contributed by atoms with Crippen molar-refractivity contribution in [1.29, 1.82) is 0 Å².